The zero-order chi connectivity index (χ0) is 25.2. The van der Waals surface area contributed by atoms with Gasteiger partial charge in [-0.25, -0.2) is 9.78 Å². The summed E-state index contributed by atoms with van der Waals surface area (Å²) < 4.78 is 11.1. The monoisotopic (exact) mass is 502 g/mol. The number of hydrogen-bond donors (Lipinski definition) is 3. The van der Waals surface area contributed by atoms with Gasteiger partial charge in [-0.05, 0) is 39.0 Å². The second kappa shape index (κ2) is 10.1. The number of carbonyl (C=O) groups excluding carboxylic acids is 2. The Kier molecular flexibility index (Phi) is 7.11. The minimum Gasteiger partial charge on any atom is -0.494 e. The van der Waals surface area contributed by atoms with E-state index in [0.717, 1.165) is 5.69 Å². The van der Waals surface area contributed by atoms with Gasteiger partial charge in [-0.15, -0.1) is 0 Å². The first-order valence-corrected chi connectivity index (χ1v) is 11.9. The molecule has 3 N–H and O–H groups in total. The SMILES string of the molecule is COc1cc(N2CCN(C(=O)OC(C)(C)C)CC2)ccc1Nc1cc(Cl)nc2c1C(=O)NCCN2. The lowest BCUT2D eigenvalue weighted by Gasteiger charge is -2.37. The van der Waals surface area contributed by atoms with Crippen molar-refractivity contribution < 1.29 is 19.1 Å². The highest BCUT2D eigenvalue weighted by Gasteiger charge is 2.27. The van der Waals surface area contributed by atoms with E-state index in [1.807, 2.05) is 39.0 Å². The summed E-state index contributed by atoms with van der Waals surface area (Å²) >= 11 is 6.22. The zero-order valence-electron chi connectivity index (χ0n) is 20.4. The first-order valence-electron chi connectivity index (χ1n) is 11.5. The minimum absolute atomic E-state index is 0.227. The molecule has 2 aliphatic rings. The van der Waals surface area contributed by atoms with E-state index in [1.54, 1.807) is 18.1 Å². The van der Waals surface area contributed by atoms with Gasteiger partial charge < -0.3 is 35.2 Å². The van der Waals surface area contributed by atoms with Gasteiger partial charge in [0.25, 0.3) is 5.91 Å². The van der Waals surface area contributed by atoms with E-state index in [1.165, 1.54) is 0 Å². The molecule has 0 unspecified atom stereocenters. The van der Waals surface area contributed by atoms with Gasteiger partial charge in [0.1, 0.15) is 27.9 Å². The number of amides is 2. The lowest BCUT2D eigenvalue weighted by molar-refractivity contribution is 0.0240. The number of pyridine rings is 1. The summed E-state index contributed by atoms with van der Waals surface area (Å²) in [5.74, 6) is 0.823. The largest absolute Gasteiger partial charge is 0.494 e. The summed E-state index contributed by atoms with van der Waals surface area (Å²) in [4.78, 5) is 33.2. The van der Waals surface area contributed by atoms with E-state index < -0.39 is 5.60 Å². The summed E-state index contributed by atoms with van der Waals surface area (Å²) in [7, 11) is 1.60. The maximum atomic E-state index is 12.6. The molecule has 35 heavy (non-hydrogen) atoms. The van der Waals surface area contributed by atoms with E-state index in [4.69, 9.17) is 21.1 Å². The molecule has 0 atom stereocenters. The first kappa shape index (κ1) is 24.7. The summed E-state index contributed by atoms with van der Waals surface area (Å²) in [6.07, 6.45) is -0.289. The quantitative estimate of drug-likeness (QED) is 0.543. The predicted molar refractivity (Wildman–Crippen MR) is 136 cm³/mol. The van der Waals surface area contributed by atoms with Crippen LogP contribution in [0.25, 0.3) is 0 Å². The smallest absolute Gasteiger partial charge is 0.410 e. The molecular weight excluding hydrogens is 472 g/mol. The number of nitrogens with one attached hydrogen (secondary N) is 3. The molecule has 1 fully saturated rings. The molecule has 0 saturated carbocycles. The van der Waals surface area contributed by atoms with E-state index in [9.17, 15) is 9.59 Å². The fraction of sp³-hybridized carbons (Fsp3) is 0.458. The third-order valence-electron chi connectivity index (χ3n) is 5.67. The standard InChI is InChI=1S/C24H31ClN6O4/c1-24(2,3)35-23(33)31-11-9-30(10-12-31)15-5-6-16(18(13-15)34-4)28-17-14-19(25)29-21-20(17)22(32)27-8-7-26-21/h5-6,13-14H,7-12H2,1-4H3,(H,27,32)(H2,26,28,29). The number of anilines is 4. The maximum Gasteiger partial charge on any atom is 0.410 e. The number of fused-ring (bicyclic) bond motifs is 1. The van der Waals surface area contributed by atoms with Crippen molar-refractivity contribution in [1.82, 2.24) is 15.2 Å². The number of piperazine rings is 1. The number of hydrogen-bond acceptors (Lipinski definition) is 8. The maximum absolute atomic E-state index is 12.6. The molecule has 2 amide bonds. The second-order valence-corrected chi connectivity index (χ2v) is 9.75. The average molecular weight is 503 g/mol. The molecule has 188 valence electrons. The normalized spacial score (nSPS) is 16.0. The van der Waals surface area contributed by atoms with Gasteiger partial charge in [0, 0.05) is 51.0 Å². The van der Waals surface area contributed by atoms with Crippen LogP contribution < -0.4 is 25.6 Å². The van der Waals surface area contributed by atoms with Crippen LogP contribution in [0.4, 0.5) is 27.7 Å². The lowest BCUT2D eigenvalue weighted by atomic mass is 10.1. The summed E-state index contributed by atoms with van der Waals surface area (Å²) in [5.41, 5.74) is 2.08. The van der Waals surface area contributed by atoms with E-state index in [0.29, 0.717) is 67.8 Å². The van der Waals surface area contributed by atoms with Crippen LogP contribution in [-0.2, 0) is 4.74 Å². The van der Waals surface area contributed by atoms with Crippen molar-refractivity contribution in [3.63, 3.8) is 0 Å². The molecule has 0 aliphatic carbocycles. The minimum atomic E-state index is -0.515. The van der Waals surface area contributed by atoms with Gasteiger partial charge in [-0.2, -0.15) is 0 Å². The van der Waals surface area contributed by atoms with Gasteiger partial charge in [0.05, 0.1) is 18.5 Å². The van der Waals surface area contributed by atoms with Crippen molar-refractivity contribution >= 4 is 46.5 Å². The van der Waals surface area contributed by atoms with Crippen molar-refractivity contribution in [3.8, 4) is 5.75 Å². The van der Waals surface area contributed by atoms with Crippen LogP contribution >= 0.6 is 11.6 Å². The molecule has 1 aromatic carbocycles. The first-order chi connectivity index (χ1) is 16.6. The average Bonchev–Trinajstić information content (AvgIpc) is 2.99. The highest BCUT2D eigenvalue weighted by molar-refractivity contribution is 6.30. The van der Waals surface area contributed by atoms with Crippen LogP contribution in [0.15, 0.2) is 24.3 Å². The van der Waals surface area contributed by atoms with Crippen molar-refractivity contribution in [1.29, 1.82) is 0 Å². The summed E-state index contributed by atoms with van der Waals surface area (Å²) in [6.45, 7) is 9.14. The van der Waals surface area contributed by atoms with Crippen LogP contribution in [0.3, 0.4) is 0 Å². The highest BCUT2D eigenvalue weighted by atomic mass is 35.5. The predicted octanol–water partition coefficient (Wildman–Crippen LogP) is 3.70. The number of aromatic nitrogens is 1. The zero-order valence-corrected chi connectivity index (χ0v) is 21.2. The Morgan fingerprint density at radius 1 is 1.09 bits per heavy atom. The van der Waals surface area contributed by atoms with Crippen LogP contribution in [-0.4, -0.2) is 73.9 Å². The Labute approximate surface area is 209 Å². The highest BCUT2D eigenvalue weighted by Crippen LogP contribution is 2.36. The Bertz CT molecular complexity index is 1110. The number of ether oxygens (including phenoxy) is 2. The van der Waals surface area contributed by atoms with Crippen molar-refractivity contribution in [2.24, 2.45) is 0 Å². The molecule has 1 saturated heterocycles. The molecule has 0 spiro atoms. The Balaban J connectivity index is 1.50. The number of benzene rings is 1. The third-order valence-corrected chi connectivity index (χ3v) is 5.86. The van der Waals surface area contributed by atoms with Crippen LogP contribution in [0.5, 0.6) is 5.75 Å². The molecule has 3 heterocycles. The topological polar surface area (TPSA) is 108 Å². The Morgan fingerprint density at radius 3 is 2.49 bits per heavy atom. The van der Waals surface area contributed by atoms with E-state index in [2.05, 4.69) is 25.8 Å². The lowest BCUT2D eigenvalue weighted by Crippen LogP contribution is -2.50. The fourth-order valence-corrected chi connectivity index (χ4v) is 4.21. The molecule has 0 bridgehead atoms. The van der Waals surface area contributed by atoms with Crippen LogP contribution in [0.1, 0.15) is 31.1 Å². The molecule has 0 radical (unpaired) electrons. The van der Waals surface area contributed by atoms with Crippen LogP contribution in [0.2, 0.25) is 5.15 Å². The van der Waals surface area contributed by atoms with Crippen molar-refractivity contribution in [2.45, 2.75) is 26.4 Å². The summed E-state index contributed by atoms with van der Waals surface area (Å²) in [6, 6.07) is 7.44. The van der Waals surface area contributed by atoms with E-state index in [-0.39, 0.29) is 17.2 Å². The Morgan fingerprint density at radius 2 is 1.80 bits per heavy atom. The fourth-order valence-electron chi connectivity index (χ4n) is 4.01. The molecule has 2 aromatic rings. The number of carbonyl (C=O) groups is 2. The van der Waals surface area contributed by atoms with Gasteiger partial charge >= 0.3 is 6.09 Å². The second-order valence-electron chi connectivity index (χ2n) is 9.36. The number of nitrogens with zero attached hydrogens (tertiary/aromatic N) is 3. The molecule has 2 aliphatic heterocycles. The molecule has 1 aromatic heterocycles. The molecule has 4 rings (SSSR count). The molecule has 10 nitrogen and oxygen atoms in total. The number of rotatable bonds is 4. The summed E-state index contributed by atoms with van der Waals surface area (Å²) in [5, 5.41) is 9.54. The van der Waals surface area contributed by atoms with Gasteiger partial charge in [-0.3, -0.25) is 4.79 Å². The van der Waals surface area contributed by atoms with Gasteiger partial charge in [0.15, 0.2) is 0 Å². The molecule has 11 heteroatoms. The number of methoxy groups -OCH3 is 1. The number of halogens is 1. The molecular formula is C24H31ClN6O4. The third kappa shape index (κ3) is 5.82. The van der Waals surface area contributed by atoms with E-state index >= 15 is 0 Å². The van der Waals surface area contributed by atoms with Crippen molar-refractivity contribution in [3.05, 3.63) is 35.0 Å². The van der Waals surface area contributed by atoms with Crippen molar-refractivity contribution in [2.75, 3.05) is 61.9 Å². The van der Waals surface area contributed by atoms with Gasteiger partial charge in [-0.1, -0.05) is 11.6 Å². The van der Waals surface area contributed by atoms with Gasteiger partial charge in [0.2, 0.25) is 0 Å². The van der Waals surface area contributed by atoms with Crippen LogP contribution in [0, 0.1) is 0 Å². The Hall–Kier alpha value is -3.40.